The molecule has 0 fully saturated rings. The van der Waals surface area contributed by atoms with E-state index in [2.05, 4.69) is 0 Å². The van der Waals surface area contributed by atoms with Gasteiger partial charge >= 0.3 is 5.97 Å². The lowest BCUT2D eigenvalue weighted by Crippen LogP contribution is -2.33. The highest BCUT2D eigenvalue weighted by molar-refractivity contribution is 6.21. The van der Waals surface area contributed by atoms with Crippen LogP contribution in [0.4, 0.5) is 0 Å². The Morgan fingerprint density at radius 3 is 2.20 bits per heavy atom. The van der Waals surface area contributed by atoms with Crippen LogP contribution in [0.2, 0.25) is 0 Å². The second-order valence-electron chi connectivity index (χ2n) is 4.70. The third kappa shape index (κ3) is 2.77. The summed E-state index contributed by atoms with van der Waals surface area (Å²) < 4.78 is 4.95. The van der Waals surface area contributed by atoms with Crippen LogP contribution in [0.25, 0.3) is 0 Å². The van der Waals surface area contributed by atoms with Gasteiger partial charge in [-0.15, -0.1) is 0 Å². The van der Waals surface area contributed by atoms with Crippen molar-refractivity contribution >= 4 is 17.8 Å². The molecule has 0 saturated carbocycles. The van der Waals surface area contributed by atoms with Gasteiger partial charge in [-0.25, -0.2) is 4.79 Å². The van der Waals surface area contributed by atoms with Crippen molar-refractivity contribution in [1.29, 1.82) is 0 Å². The number of ether oxygens (including phenoxy) is 1. The molecule has 0 saturated heterocycles. The summed E-state index contributed by atoms with van der Waals surface area (Å²) in [5, 5.41) is 0. The van der Waals surface area contributed by atoms with Gasteiger partial charge in [0.05, 0.1) is 17.7 Å². The van der Waals surface area contributed by atoms with Crippen LogP contribution >= 0.6 is 0 Å². The van der Waals surface area contributed by atoms with Gasteiger partial charge in [-0.05, 0) is 26.0 Å². The highest BCUT2D eigenvalue weighted by Gasteiger charge is 2.34. The molecule has 104 valence electrons. The fourth-order valence-electron chi connectivity index (χ4n) is 1.96. The Morgan fingerprint density at radius 2 is 1.70 bits per heavy atom. The molecule has 0 atom stereocenters. The van der Waals surface area contributed by atoms with E-state index in [1.54, 1.807) is 38.1 Å². The van der Waals surface area contributed by atoms with Gasteiger partial charge in [-0.1, -0.05) is 17.7 Å². The molecule has 2 amide bonds. The van der Waals surface area contributed by atoms with Gasteiger partial charge in [0.1, 0.15) is 6.61 Å². The summed E-state index contributed by atoms with van der Waals surface area (Å²) in [6.45, 7) is 3.62. The Labute approximate surface area is 116 Å². The Hall–Kier alpha value is -2.43. The van der Waals surface area contributed by atoms with Crippen molar-refractivity contribution in [2.45, 2.75) is 13.8 Å². The van der Waals surface area contributed by atoms with Crippen LogP contribution in [0.15, 0.2) is 35.9 Å². The van der Waals surface area contributed by atoms with Crippen molar-refractivity contribution in [3.05, 3.63) is 47.0 Å². The largest absolute Gasteiger partial charge is 0.461 e. The lowest BCUT2D eigenvalue weighted by Gasteiger charge is -2.13. The molecule has 0 bridgehead atoms. The number of fused-ring (bicyclic) bond motifs is 1. The lowest BCUT2D eigenvalue weighted by molar-refractivity contribution is -0.138. The Kier molecular flexibility index (Phi) is 3.98. The van der Waals surface area contributed by atoms with Crippen molar-refractivity contribution < 1.29 is 19.1 Å². The number of hydrogen-bond donors (Lipinski definition) is 0. The van der Waals surface area contributed by atoms with Crippen LogP contribution in [0.5, 0.6) is 0 Å². The molecule has 0 N–H and O–H groups in total. The molecule has 5 nitrogen and oxygen atoms in total. The van der Waals surface area contributed by atoms with Gasteiger partial charge < -0.3 is 4.74 Å². The molecule has 5 heteroatoms. The van der Waals surface area contributed by atoms with Crippen LogP contribution < -0.4 is 0 Å². The van der Waals surface area contributed by atoms with Crippen LogP contribution in [0.1, 0.15) is 34.6 Å². The quantitative estimate of drug-likeness (QED) is 0.476. The van der Waals surface area contributed by atoms with Gasteiger partial charge in [0.2, 0.25) is 0 Å². The van der Waals surface area contributed by atoms with Gasteiger partial charge in [0.25, 0.3) is 11.8 Å². The number of allylic oxidation sites excluding steroid dienone is 1. The number of hydrogen-bond acceptors (Lipinski definition) is 4. The molecule has 1 aromatic rings. The van der Waals surface area contributed by atoms with Crippen molar-refractivity contribution in [1.82, 2.24) is 4.90 Å². The van der Waals surface area contributed by atoms with E-state index in [1.807, 2.05) is 0 Å². The zero-order chi connectivity index (χ0) is 14.7. The lowest BCUT2D eigenvalue weighted by atomic mass is 10.1. The zero-order valence-corrected chi connectivity index (χ0v) is 11.4. The summed E-state index contributed by atoms with van der Waals surface area (Å²) in [5.41, 5.74) is 1.62. The molecule has 1 aliphatic heterocycles. The molecule has 0 radical (unpaired) electrons. The molecule has 1 heterocycles. The summed E-state index contributed by atoms with van der Waals surface area (Å²) in [6, 6.07) is 6.65. The van der Waals surface area contributed by atoms with Gasteiger partial charge in [0, 0.05) is 6.08 Å². The zero-order valence-electron chi connectivity index (χ0n) is 11.4. The summed E-state index contributed by atoms with van der Waals surface area (Å²) in [7, 11) is 0. The molecule has 0 aliphatic carbocycles. The third-order valence-electron chi connectivity index (χ3n) is 2.84. The molecular weight excluding hydrogens is 258 g/mol. The first-order valence-electron chi connectivity index (χ1n) is 6.27. The molecule has 0 aromatic heterocycles. The van der Waals surface area contributed by atoms with Crippen molar-refractivity contribution in [2.75, 3.05) is 13.2 Å². The van der Waals surface area contributed by atoms with E-state index in [9.17, 15) is 14.4 Å². The van der Waals surface area contributed by atoms with E-state index in [1.165, 1.54) is 6.08 Å². The number of nitrogens with zero attached hydrogens (tertiary/aromatic N) is 1. The first-order chi connectivity index (χ1) is 9.50. The average molecular weight is 273 g/mol. The van der Waals surface area contributed by atoms with Crippen molar-refractivity contribution in [3.8, 4) is 0 Å². The number of imide groups is 1. The minimum atomic E-state index is -0.471. The number of amides is 2. The van der Waals surface area contributed by atoms with Crippen molar-refractivity contribution in [3.63, 3.8) is 0 Å². The minimum absolute atomic E-state index is 0.00587. The van der Waals surface area contributed by atoms with Gasteiger partial charge in [0.15, 0.2) is 0 Å². The fraction of sp³-hybridized carbons (Fsp3) is 0.267. The third-order valence-corrected chi connectivity index (χ3v) is 2.84. The SMILES string of the molecule is CC(C)=CC(=O)OCCN1C(=O)c2ccccc2C1=O. The highest BCUT2D eigenvalue weighted by atomic mass is 16.5. The number of esters is 1. The number of carbonyl (C=O) groups excluding carboxylic acids is 3. The fourth-order valence-corrected chi connectivity index (χ4v) is 1.96. The number of carbonyl (C=O) groups is 3. The van der Waals surface area contributed by atoms with Gasteiger partial charge in [-0.2, -0.15) is 0 Å². The first kappa shape index (κ1) is 14.0. The first-order valence-corrected chi connectivity index (χ1v) is 6.27. The average Bonchev–Trinajstić information content (AvgIpc) is 2.63. The second-order valence-corrected chi connectivity index (χ2v) is 4.70. The Balaban J connectivity index is 1.96. The van der Waals surface area contributed by atoms with Gasteiger partial charge in [-0.3, -0.25) is 14.5 Å². The molecule has 0 spiro atoms. The minimum Gasteiger partial charge on any atom is -0.461 e. The second kappa shape index (κ2) is 5.69. The molecule has 0 unspecified atom stereocenters. The topological polar surface area (TPSA) is 63.7 Å². The maximum Gasteiger partial charge on any atom is 0.330 e. The summed E-state index contributed by atoms with van der Waals surface area (Å²) in [5.74, 6) is -1.16. The highest BCUT2D eigenvalue weighted by Crippen LogP contribution is 2.21. The van der Waals surface area contributed by atoms with E-state index >= 15 is 0 Å². The molecule has 20 heavy (non-hydrogen) atoms. The van der Waals surface area contributed by atoms with E-state index < -0.39 is 5.97 Å². The Bertz CT molecular complexity index is 565. The van der Waals surface area contributed by atoms with Crippen LogP contribution in [-0.4, -0.2) is 35.8 Å². The number of rotatable bonds is 4. The van der Waals surface area contributed by atoms with E-state index in [4.69, 9.17) is 4.74 Å². The van der Waals surface area contributed by atoms with Crippen LogP contribution in [0, 0.1) is 0 Å². The predicted molar refractivity (Wildman–Crippen MR) is 72.2 cm³/mol. The molecule has 2 rings (SSSR count). The maximum atomic E-state index is 12.0. The summed E-state index contributed by atoms with van der Waals surface area (Å²) in [6.07, 6.45) is 1.36. The monoisotopic (exact) mass is 273 g/mol. The standard InChI is InChI=1S/C15H15NO4/c1-10(2)9-13(17)20-8-7-16-14(18)11-5-3-4-6-12(11)15(16)19/h3-6,9H,7-8H2,1-2H3. The predicted octanol–water partition coefficient (Wildman–Crippen LogP) is 1.79. The van der Waals surface area contributed by atoms with E-state index in [-0.39, 0.29) is 25.0 Å². The van der Waals surface area contributed by atoms with E-state index in [0.29, 0.717) is 11.1 Å². The smallest absolute Gasteiger partial charge is 0.330 e. The summed E-state index contributed by atoms with van der Waals surface area (Å²) >= 11 is 0. The summed E-state index contributed by atoms with van der Waals surface area (Å²) in [4.78, 5) is 36.4. The Morgan fingerprint density at radius 1 is 1.15 bits per heavy atom. The van der Waals surface area contributed by atoms with Crippen molar-refractivity contribution in [2.24, 2.45) is 0 Å². The molecular formula is C15H15NO4. The molecule has 1 aliphatic rings. The molecule has 1 aromatic carbocycles. The maximum absolute atomic E-state index is 12.0. The normalized spacial score (nSPS) is 13.2. The van der Waals surface area contributed by atoms with Crippen LogP contribution in [-0.2, 0) is 9.53 Å². The van der Waals surface area contributed by atoms with Crippen LogP contribution in [0.3, 0.4) is 0 Å². The number of benzene rings is 1. The van der Waals surface area contributed by atoms with E-state index in [0.717, 1.165) is 10.5 Å².